The number of aryl methyl sites for hydroxylation is 1. The highest BCUT2D eigenvalue weighted by molar-refractivity contribution is 7.20. The van der Waals surface area contributed by atoms with Crippen molar-refractivity contribution in [2.75, 3.05) is 19.7 Å². The quantitative estimate of drug-likeness (QED) is 0.469. The van der Waals surface area contributed by atoms with Gasteiger partial charge in [-0.05, 0) is 24.3 Å². The Hall–Kier alpha value is -3.05. The molecule has 31 heavy (non-hydrogen) atoms. The van der Waals surface area contributed by atoms with E-state index < -0.39 is 24.7 Å². The second-order valence-electron chi connectivity index (χ2n) is 7.29. The van der Waals surface area contributed by atoms with E-state index in [1.165, 1.54) is 4.90 Å². The molecule has 0 saturated carbocycles. The number of carbonyl (C=O) groups is 1. The fourth-order valence-electron chi connectivity index (χ4n) is 3.54. The SMILES string of the molecule is Cn1cc2cc(-c3ccc4cc(C(=O)N5CCOC(C(F)(F)F)C5)sc4n3)cnc2n1. The fraction of sp³-hybridized carbons (Fsp3) is 0.300. The van der Waals surface area contributed by atoms with Gasteiger partial charge in [0.15, 0.2) is 11.8 Å². The number of pyridine rings is 2. The van der Waals surface area contributed by atoms with Crippen molar-refractivity contribution in [2.24, 2.45) is 7.05 Å². The van der Waals surface area contributed by atoms with Crippen molar-refractivity contribution in [3.63, 3.8) is 0 Å². The maximum Gasteiger partial charge on any atom is 0.416 e. The Morgan fingerprint density at radius 1 is 1.26 bits per heavy atom. The Morgan fingerprint density at radius 2 is 2.10 bits per heavy atom. The summed E-state index contributed by atoms with van der Waals surface area (Å²) < 4.78 is 45.4. The Kier molecular flexibility index (Phi) is 4.67. The molecule has 1 atom stereocenters. The molecule has 5 rings (SSSR count). The second-order valence-corrected chi connectivity index (χ2v) is 8.32. The van der Waals surface area contributed by atoms with E-state index in [1.54, 1.807) is 16.9 Å². The van der Waals surface area contributed by atoms with Gasteiger partial charge in [-0.15, -0.1) is 11.3 Å². The molecule has 1 unspecified atom stereocenters. The van der Waals surface area contributed by atoms with Crippen molar-refractivity contribution in [3.05, 3.63) is 41.5 Å². The van der Waals surface area contributed by atoms with E-state index in [2.05, 4.69) is 15.1 Å². The number of hydrogen-bond acceptors (Lipinski definition) is 6. The molecular formula is C20H16F3N5O2S. The van der Waals surface area contributed by atoms with Gasteiger partial charge in [0.2, 0.25) is 0 Å². The number of ether oxygens (including phenoxy) is 1. The van der Waals surface area contributed by atoms with Crippen molar-refractivity contribution in [2.45, 2.75) is 12.3 Å². The third kappa shape index (κ3) is 3.74. The zero-order valence-electron chi connectivity index (χ0n) is 16.3. The molecule has 7 nitrogen and oxygen atoms in total. The molecule has 1 fully saturated rings. The summed E-state index contributed by atoms with van der Waals surface area (Å²) in [6.45, 7) is -0.534. The highest BCUT2D eigenvalue weighted by Crippen LogP contribution is 2.31. The van der Waals surface area contributed by atoms with Gasteiger partial charge in [0.25, 0.3) is 5.91 Å². The maximum absolute atomic E-state index is 13.0. The Balaban J connectivity index is 1.43. The van der Waals surface area contributed by atoms with E-state index in [4.69, 9.17) is 4.74 Å². The number of thiophene rings is 1. The van der Waals surface area contributed by atoms with Crippen LogP contribution in [0.3, 0.4) is 0 Å². The van der Waals surface area contributed by atoms with Crippen molar-refractivity contribution in [1.82, 2.24) is 24.6 Å². The highest BCUT2D eigenvalue weighted by Gasteiger charge is 2.44. The first kappa shape index (κ1) is 19.9. The van der Waals surface area contributed by atoms with Gasteiger partial charge < -0.3 is 9.64 Å². The molecule has 0 spiro atoms. The number of aromatic nitrogens is 4. The van der Waals surface area contributed by atoms with Crippen LogP contribution in [0.2, 0.25) is 0 Å². The summed E-state index contributed by atoms with van der Waals surface area (Å²) in [5.41, 5.74) is 2.14. The topological polar surface area (TPSA) is 73.1 Å². The predicted molar refractivity (Wildman–Crippen MR) is 109 cm³/mol. The molecule has 0 radical (unpaired) electrons. The molecule has 1 aliphatic heterocycles. The molecule has 0 N–H and O–H groups in total. The molecule has 1 saturated heterocycles. The van der Waals surface area contributed by atoms with Crippen molar-refractivity contribution in [3.8, 4) is 11.3 Å². The number of alkyl halides is 3. The lowest BCUT2D eigenvalue weighted by atomic mass is 10.1. The monoisotopic (exact) mass is 447 g/mol. The summed E-state index contributed by atoms with van der Waals surface area (Å²) in [5.74, 6) is -0.444. The van der Waals surface area contributed by atoms with Gasteiger partial charge in [-0.1, -0.05) is 0 Å². The lowest BCUT2D eigenvalue weighted by Gasteiger charge is -2.33. The molecule has 5 heterocycles. The molecule has 0 bridgehead atoms. The standard InChI is InChI=1S/C20H16F3N5O2S/c1-27-9-13-6-12(8-24-17(13)26-27)14-3-2-11-7-15(31-18(11)25-14)19(29)28-4-5-30-16(10-28)20(21,22)23/h2-3,6-9,16H,4-5,10H2,1H3. The average Bonchev–Trinajstić information content (AvgIpc) is 3.33. The van der Waals surface area contributed by atoms with Gasteiger partial charge >= 0.3 is 6.18 Å². The van der Waals surface area contributed by atoms with Crippen LogP contribution in [0, 0.1) is 0 Å². The summed E-state index contributed by atoms with van der Waals surface area (Å²) in [5, 5.41) is 5.89. The largest absolute Gasteiger partial charge is 0.416 e. The predicted octanol–water partition coefficient (Wildman–Crippen LogP) is 3.65. The zero-order chi connectivity index (χ0) is 21.8. The van der Waals surface area contributed by atoms with Gasteiger partial charge in [0.05, 0.1) is 23.7 Å². The van der Waals surface area contributed by atoms with Crippen molar-refractivity contribution in [1.29, 1.82) is 0 Å². The third-order valence-corrected chi connectivity index (χ3v) is 6.11. The average molecular weight is 447 g/mol. The number of fused-ring (bicyclic) bond motifs is 2. The lowest BCUT2D eigenvalue weighted by Crippen LogP contribution is -2.51. The van der Waals surface area contributed by atoms with Crippen LogP contribution in [-0.2, 0) is 11.8 Å². The minimum atomic E-state index is -4.50. The lowest BCUT2D eigenvalue weighted by molar-refractivity contribution is -0.233. The van der Waals surface area contributed by atoms with Gasteiger partial charge in [-0.3, -0.25) is 9.48 Å². The number of amides is 1. The first-order valence-corrected chi connectivity index (χ1v) is 10.3. The van der Waals surface area contributed by atoms with Crippen molar-refractivity contribution < 1.29 is 22.7 Å². The Morgan fingerprint density at radius 3 is 2.90 bits per heavy atom. The molecule has 1 aliphatic rings. The second kappa shape index (κ2) is 7.27. The van der Waals surface area contributed by atoms with Crippen LogP contribution in [0.1, 0.15) is 9.67 Å². The van der Waals surface area contributed by atoms with Crippen LogP contribution in [0.15, 0.2) is 36.7 Å². The Labute approximate surface area is 178 Å². The van der Waals surface area contributed by atoms with Crippen LogP contribution in [-0.4, -0.2) is 62.5 Å². The van der Waals surface area contributed by atoms with E-state index in [9.17, 15) is 18.0 Å². The highest BCUT2D eigenvalue weighted by atomic mass is 32.1. The molecular weight excluding hydrogens is 431 g/mol. The van der Waals surface area contributed by atoms with Crippen LogP contribution in [0.4, 0.5) is 13.2 Å². The third-order valence-electron chi connectivity index (χ3n) is 5.08. The van der Waals surface area contributed by atoms with Gasteiger partial charge in [-0.25, -0.2) is 9.97 Å². The molecule has 4 aromatic heterocycles. The molecule has 0 aromatic carbocycles. The van der Waals surface area contributed by atoms with Gasteiger partial charge in [-0.2, -0.15) is 18.3 Å². The van der Waals surface area contributed by atoms with E-state index >= 15 is 0 Å². The van der Waals surface area contributed by atoms with Crippen LogP contribution >= 0.6 is 11.3 Å². The summed E-state index contributed by atoms with van der Waals surface area (Å²) in [6, 6.07) is 7.28. The van der Waals surface area contributed by atoms with Gasteiger partial charge in [0, 0.05) is 42.3 Å². The number of rotatable bonds is 2. The van der Waals surface area contributed by atoms with Crippen molar-refractivity contribution >= 4 is 38.5 Å². The number of halogens is 3. The summed E-state index contributed by atoms with van der Waals surface area (Å²) in [4.78, 5) is 24.0. The number of carbonyl (C=O) groups excluding carboxylic acids is 1. The first-order chi connectivity index (χ1) is 14.8. The zero-order valence-corrected chi connectivity index (χ0v) is 17.1. The summed E-state index contributed by atoms with van der Waals surface area (Å²) in [7, 11) is 1.82. The summed E-state index contributed by atoms with van der Waals surface area (Å²) >= 11 is 1.16. The van der Waals surface area contributed by atoms with Crippen LogP contribution < -0.4 is 0 Å². The van der Waals surface area contributed by atoms with Gasteiger partial charge in [0.1, 0.15) is 4.83 Å². The van der Waals surface area contributed by atoms with Crippen LogP contribution in [0.5, 0.6) is 0 Å². The van der Waals surface area contributed by atoms with E-state index in [0.717, 1.165) is 27.7 Å². The molecule has 1 amide bonds. The smallest absolute Gasteiger partial charge is 0.365 e. The molecule has 0 aliphatic carbocycles. The van der Waals surface area contributed by atoms with Crippen LogP contribution in [0.25, 0.3) is 32.5 Å². The normalized spacial score (nSPS) is 17.5. The maximum atomic E-state index is 13.0. The number of hydrogen-bond donors (Lipinski definition) is 0. The molecule has 160 valence electrons. The number of nitrogens with zero attached hydrogens (tertiary/aromatic N) is 5. The van der Waals surface area contributed by atoms with E-state index in [1.807, 2.05) is 31.4 Å². The van der Waals surface area contributed by atoms with E-state index in [0.29, 0.717) is 21.0 Å². The summed E-state index contributed by atoms with van der Waals surface area (Å²) in [6.07, 6.45) is -2.91. The first-order valence-electron chi connectivity index (χ1n) is 9.46. The fourth-order valence-corrected chi connectivity index (χ4v) is 4.54. The minimum Gasteiger partial charge on any atom is -0.365 e. The number of morpholine rings is 1. The Bertz CT molecular complexity index is 1300. The van der Waals surface area contributed by atoms with E-state index in [-0.39, 0.29) is 13.2 Å². The molecule has 4 aromatic rings. The minimum absolute atomic E-state index is 0.120. The molecule has 11 heteroatoms.